The fourth-order valence-corrected chi connectivity index (χ4v) is 4.24. The molecule has 164 valence electrons. The number of hydrogen-bond acceptors (Lipinski definition) is 7. The van der Waals surface area contributed by atoms with Crippen molar-refractivity contribution in [2.75, 3.05) is 32.8 Å². The number of carbonyl (C=O) groups is 2. The lowest BCUT2D eigenvalue weighted by Crippen LogP contribution is -3.13. The number of piperidine rings is 1. The van der Waals surface area contributed by atoms with Crippen molar-refractivity contribution in [3.8, 4) is 0 Å². The minimum absolute atomic E-state index is 0.0414. The van der Waals surface area contributed by atoms with E-state index >= 15 is 0 Å². The van der Waals surface area contributed by atoms with Gasteiger partial charge in [-0.2, -0.15) is 0 Å². The van der Waals surface area contributed by atoms with E-state index in [-0.39, 0.29) is 6.29 Å². The van der Waals surface area contributed by atoms with Gasteiger partial charge in [-0.05, 0) is 26.0 Å². The van der Waals surface area contributed by atoms with E-state index in [1.165, 1.54) is 25.9 Å². The molecule has 1 aliphatic rings. The molecule has 10 heteroatoms. The van der Waals surface area contributed by atoms with Crippen LogP contribution < -0.4 is 10.0 Å². The van der Waals surface area contributed by atoms with Crippen molar-refractivity contribution < 1.29 is 34.2 Å². The Balaban J connectivity index is 0.000000612. The summed E-state index contributed by atoms with van der Waals surface area (Å²) < 4.78 is 11.2. The van der Waals surface area contributed by atoms with E-state index in [0.29, 0.717) is 23.6 Å². The number of likely N-dealkylation sites (tertiary alicyclic amines) is 1. The summed E-state index contributed by atoms with van der Waals surface area (Å²) >= 11 is 7.82. The summed E-state index contributed by atoms with van der Waals surface area (Å²) in [6.07, 6.45) is 3.38. The highest BCUT2D eigenvalue weighted by Gasteiger charge is 2.24. The van der Waals surface area contributed by atoms with Gasteiger partial charge < -0.3 is 29.4 Å². The van der Waals surface area contributed by atoms with Crippen LogP contribution >= 0.6 is 23.4 Å². The normalized spacial score (nSPS) is 18.8. The van der Waals surface area contributed by atoms with E-state index < -0.39 is 11.9 Å². The maximum Gasteiger partial charge on any atom is 0.351 e. The first-order chi connectivity index (χ1) is 13.8. The van der Waals surface area contributed by atoms with Gasteiger partial charge in [-0.15, -0.1) is 11.8 Å². The number of halogens is 1. The predicted octanol–water partition coefficient (Wildman–Crippen LogP) is 0.485. The lowest BCUT2D eigenvalue weighted by atomic mass is 10.1. The smallest absolute Gasteiger partial charge is 0.351 e. The average molecular weight is 449 g/mol. The molecular formula is C19H29ClN2O6S. The number of nitrogens with zero attached hydrogens (tertiary/aromatic N) is 1. The Kier molecular flexibility index (Phi) is 12.9. The van der Waals surface area contributed by atoms with Gasteiger partial charge in [0.1, 0.15) is 5.15 Å². The lowest BCUT2D eigenvalue weighted by molar-refractivity contribution is -0.905. The largest absolute Gasteiger partial charge is 0.539 e. The third kappa shape index (κ3) is 11.4. The molecule has 0 aromatic carbocycles. The molecule has 8 nitrogen and oxygen atoms in total. The minimum Gasteiger partial charge on any atom is -0.539 e. The van der Waals surface area contributed by atoms with Crippen LogP contribution in [-0.2, 0) is 19.1 Å². The van der Waals surface area contributed by atoms with Gasteiger partial charge in [-0.25, -0.2) is 9.78 Å². The number of rotatable bonds is 9. The van der Waals surface area contributed by atoms with E-state index in [0.717, 1.165) is 18.0 Å². The number of carbonyl (C=O) groups excluding carboxylic acids is 1. The van der Waals surface area contributed by atoms with Gasteiger partial charge in [-0.3, -0.25) is 0 Å². The molecule has 2 rings (SSSR count). The third-order valence-corrected chi connectivity index (χ3v) is 5.71. The van der Waals surface area contributed by atoms with Crippen LogP contribution in [0.3, 0.4) is 0 Å². The zero-order chi connectivity index (χ0) is 21.6. The summed E-state index contributed by atoms with van der Waals surface area (Å²) in [4.78, 5) is 24.1. The monoisotopic (exact) mass is 448 g/mol. The number of pyridine rings is 1. The van der Waals surface area contributed by atoms with E-state index in [1.807, 2.05) is 43.8 Å². The molecule has 0 saturated carbocycles. The number of ether oxygens (including phenoxy) is 2. The highest BCUT2D eigenvalue weighted by atomic mass is 35.5. The molecule has 29 heavy (non-hydrogen) atoms. The molecule has 1 aromatic rings. The van der Waals surface area contributed by atoms with E-state index in [9.17, 15) is 0 Å². The summed E-state index contributed by atoms with van der Waals surface area (Å²) in [6.45, 7) is 9.01. The molecule has 0 atom stereocenters. The van der Waals surface area contributed by atoms with Crippen molar-refractivity contribution in [3.05, 3.63) is 23.4 Å². The van der Waals surface area contributed by atoms with Crippen LogP contribution in [0.15, 0.2) is 23.2 Å². The molecule has 0 unspecified atom stereocenters. The zero-order valence-electron chi connectivity index (χ0n) is 16.8. The molecule has 0 aliphatic carbocycles. The summed E-state index contributed by atoms with van der Waals surface area (Å²) in [5.41, 5.74) is 0. The Morgan fingerprint density at radius 1 is 1.31 bits per heavy atom. The van der Waals surface area contributed by atoms with Crippen molar-refractivity contribution in [1.29, 1.82) is 0 Å². The van der Waals surface area contributed by atoms with E-state index in [1.54, 1.807) is 4.90 Å². The first kappa shape index (κ1) is 25.6. The van der Waals surface area contributed by atoms with Crippen LogP contribution in [0.2, 0.25) is 5.15 Å². The number of nitrogens with one attached hydrogen (secondary N) is 1. The molecule has 1 aromatic heterocycles. The standard InChI is InChI=1S/C17H27ClN2O2S.C2H2O4/c1-3-21-17(22-4-2)10-13-20-11-8-14(9-12-20)23-16-7-5-6-15(18)19-16;3-1(4)2(5)6/h5-7,14,17H,3-4,8-13H2,1-2H3;(H,3,4)(H,5,6). The highest BCUT2D eigenvalue weighted by Crippen LogP contribution is 2.27. The molecule has 0 amide bonds. The molecule has 0 bridgehead atoms. The predicted molar refractivity (Wildman–Crippen MR) is 108 cm³/mol. The summed E-state index contributed by atoms with van der Waals surface area (Å²) in [6, 6.07) is 5.84. The minimum atomic E-state index is -2.07. The summed E-state index contributed by atoms with van der Waals surface area (Å²) in [7, 11) is 0. The Bertz CT molecular complexity index is 610. The number of quaternary nitrogens is 1. The average Bonchev–Trinajstić information content (AvgIpc) is 2.68. The first-order valence-corrected chi connectivity index (χ1v) is 10.9. The topological polar surface area (TPSA) is 113 Å². The van der Waals surface area contributed by atoms with Gasteiger partial charge in [0.05, 0.1) is 24.7 Å². The van der Waals surface area contributed by atoms with Crippen LogP contribution in [-0.4, -0.2) is 66.4 Å². The molecule has 1 fully saturated rings. The number of aliphatic carboxylic acids is 2. The number of carboxylic acids is 2. The van der Waals surface area contributed by atoms with Crippen molar-refractivity contribution in [2.24, 2.45) is 0 Å². The fourth-order valence-electron chi connectivity index (χ4n) is 2.90. The van der Waals surface area contributed by atoms with Gasteiger partial charge in [0.2, 0.25) is 0 Å². The second-order valence-electron chi connectivity index (χ2n) is 6.34. The van der Waals surface area contributed by atoms with Gasteiger partial charge in [-0.1, -0.05) is 17.7 Å². The van der Waals surface area contributed by atoms with Gasteiger partial charge in [0, 0.05) is 37.7 Å². The Morgan fingerprint density at radius 2 is 1.90 bits per heavy atom. The Labute approximate surface area is 180 Å². The van der Waals surface area contributed by atoms with Crippen molar-refractivity contribution in [2.45, 2.75) is 49.7 Å². The molecule has 2 N–H and O–H groups in total. The summed E-state index contributed by atoms with van der Waals surface area (Å²) in [5.74, 6) is -4.01. The molecule has 1 aliphatic heterocycles. The van der Waals surface area contributed by atoms with E-state index in [4.69, 9.17) is 40.9 Å². The van der Waals surface area contributed by atoms with Crippen LogP contribution in [0, 0.1) is 0 Å². The second-order valence-corrected chi connectivity index (χ2v) is 8.05. The molecule has 2 heterocycles. The number of aromatic nitrogens is 1. The maximum atomic E-state index is 9.04. The fraction of sp³-hybridized carbons (Fsp3) is 0.632. The molecule has 0 radical (unpaired) electrons. The zero-order valence-corrected chi connectivity index (χ0v) is 18.3. The number of hydrogen-bond donors (Lipinski definition) is 2. The van der Waals surface area contributed by atoms with Gasteiger partial charge in [0.25, 0.3) is 0 Å². The Hall–Kier alpha value is -1.39. The van der Waals surface area contributed by atoms with Crippen LogP contribution in [0.25, 0.3) is 0 Å². The number of thioether (sulfide) groups is 1. The molecule has 0 spiro atoms. The third-order valence-electron chi connectivity index (χ3n) is 4.23. The first-order valence-electron chi connectivity index (χ1n) is 9.65. The van der Waals surface area contributed by atoms with Crippen molar-refractivity contribution in [3.63, 3.8) is 0 Å². The lowest BCUT2D eigenvalue weighted by Gasteiger charge is -2.29. The van der Waals surface area contributed by atoms with Gasteiger partial charge in [0.15, 0.2) is 12.3 Å². The van der Waals surface area contributed by atoms with Crippen molar-refractivity contribution >= 4 is 35.3 Å². The van der Waals surface area contributed by atoms with Crippen molar-refractivity contribution in [1.82, 2.24) is 4.98 Å². The SMILES string of the molecule is CCOC(CC[NH+]1CCC(Sc2cccc(Cl)n2)CC1)OCC.O=C([O-])C(=O)O. The maximum absolute atomic E-state index is 9.04. The van der Waals surface area contributed by atoms with Crippen LogP contribution in [0.5, 0.6) is 0 Å². The molecule has 1 saturated heterocycles. The van der Waals surface area contributed by atoms with E-state index in [2.05, 4.69) is 4.98 Å². The quantitative estimate of drug-likeness (QED) is 0.318. The van der Waals surface area contributed by atoms with Crippen LogP contribution in [0.4, 0.5) is 0 Å². The highest BCUT2D eigenvalue weighted by molar-refractivity contribution is 7.99. The molecular weight excluding hydrogens is 420 g/mol. The Morgan fingerprint density at radius 3 is 2.38 bits per heavy atom. The number of carboxylic acid groups (broad SMARTS) is 2. The van der Waals surface area contributed by atoms with Crippen LogP contribution in [0.1, 0.15) is 33.1 Å². The van der Waals surface area contributed by atoms with Gasteiger partial charge >= 0.3 is 5.97 Å². The summed E-state index contributed by atoms with van der Waals surface area (Å²) in [5, 5.41) is 18.6. The second kappa shape index (κ2) is 14.6.